The first-order chi connectivity index (χ1) is 12.3. The lowest BCUT2D eigenvalue weighted by Crippen LogP contribution is -2.71. The van der Waals surface area contributed by atoms with Gasteiger partial charge in [0.05, 0.1) is 18.2 Å². The van der Waals surface area contributed by atoms with E-state index in [-0.39, 0.29) is 6.42 Å². The largest absolute Gasteiger partial charge is 0.479 e. The maximum Gasteiger partial charge on any atom is 0.338 e. The van der Waals surface area contributed by atoms with E-state index in [0.717, 1.165) is 0 Å². The zero-order chi connectivity index (χ0) is 21.7. The van der Waals surface area contributed by atoms with Crippen molar-refractivity contribution in [1.82, 2.24) is 4.90 Å². The van der Waals surface area contributed by atoms with Crippen molar-refractivity contribution < 1.29 is 29.4 Å². The minimum atomic E-state index is -2.50. The molecule has 0 radical (unpaired) electrons. The van der Waals surface area contributed by atoms with E-state index in [1.165, 1.54) is 20.8 Å². The smallest absolute Gasteiger partial charge is 0.338 e. The Kier molecular flexibility index (Phi) is 9.24. The quantitative estimate of drug-likeness (QED) is 0.377. The highest BCUT2D eigenvalue weighted by molar-refractivity contribution is 6.16. The van der Waals surface area contributed by atoms with Gasteiger partial charge in [0.2, 0.25) is 17.4 Å². The molecule has 27 heavy (non-hydrogen) atoms. The molecule has 0 aliphatic heterocycles. The molecule has 5 unspecified atom stereocenters. The summed E-state index contributed by atoms with van der Waals surface area (Å²) >= 11 is 0. The Morgan fingerprint density at radius 1 is 1.00 bits per heavy atom. The summed E-state index contributed by atoms with van der Waals surface area (Å²) in [5.41, 5.74) is 9.05. The van der Waals surface area contributed by atoms with Gasteiger partial charge in [-0.3, -0.25) is 19.3 Å². The Labute approximate surface area is 160 Å². The van der Waals surface area contributed by atoms with Crippen LogP contribution in [0.25, 0.3) is 0 Å². The maximum atomic E-state index is 13.0. The summed E-state index contributed by atoms with van der Waals surface area (Å²) in [5.74, 6) is -5.91. The molecule has 0 fully saturated rings. The number of nitrogens with two attached hydrogens (primary N) is 2. The number of aliphatic hydroxyl groups is 1. The lowest BCUT2D eigenvalue weighted by molar-refractivity contribution is -0.176. The first kappa shape index (κ1) is 25.2. The standard InChI is InChI=1S/C18H33N3O6/c1-7-10(4)18(17(26)27,13(23)8-11(5)22)21(15(24)12(6)19)16(25)14(20)9(2)3/h9-12,14,22H,7-8,19-20H2,1-6H3,(H,26,27). The number of amides is 2. The highest BCUT2D eigenvalue weighted by atomic mass is 16.4. The number of hydrogen-bond acceptors (Lipinski definition) is 7. The van der Waals surface area contributed by atoms with Gasteiger partial charge in [-0.05, 0) is 25.7 Å². The van der Waals surface area contributed by atoms with Crippen molar-refractivity contribution in [3.8, 4) is 0 Å². The van der Waals surface area contributed by atoms with Gasteiger partial charge in [-0.1, -0.05) is 34.1 Å². The molecular weight excluding hydrogens is 354 g/mol. The number of aliphatic hydroxyl groups excluding tert-OH is 1. The van der Waals surface area contributed by atoms with Crippen LogP contribution in [0.3, 0.4) is 0 Å². The van der Waals surface area contributed by atoms with Gasteiger partial charge >= 0.3 is 5.97 Å². The third-order valence-corrected chi connectivity index (χ3v) is 4.74. The topological polar surface area (TPSA) is 164 Å². The van der Waals surface area contributed by atoms with Crippen molar-refractivity contribution in [2.75, 3.05) is 0 Å². The van der Waals surface area contributed by atoms with Crippen molar-refractivity contribution in [3.63, 3.8) is 0 Å². The number of imide groups is 1. The number of carbonyl (C=O) groups excluding carboxylic acids is 3. The van der Waals surface area contributed by atoms with Crippen molar-refractivity contribution in [2.45, 2.75) is 78.1 Å². The second-order valence-corrected chi connectivity index (χ2v) is 7.43. The lowest BCUT2D eigenvalue weighted by atomic mass is 9.75. The average Bonchev–Trinajstić information content (AvgIpc) is 2.55. The Hall–Kier alpha value is -1.84. The normalized spacial score (nSPS) is 18.1. The zero-order valence-electron chi connectivity index (χ0n) is 16.9. The number of Topliss-reactive ketones (excluding diaryl/α,β-unsaturated/α-hetero) is 1. The first-order valence-corrected chi connectivity index (χ1v) is 9.10. The van der Waals surface area contributed by atoms with Gasteiger partial charge in [-0.2, -0.15) is 0 Å². The first-order valence-electron chi connectivity index (χ1n) is 9.10. The Morgan fingerprint density at radius 3 is 1.78 bits per heavy atom. The number of aliphatic carboxylic acids is 1. The molecule has 0 saturated carbocycles. The zero-order valence-corrected chi connectivity index (χ0v) is 16.9. The monoisotopic (exact) mass is 387 g/mol. The van der Waals surface area contributed by atoms with E-state index in [9.17, 15) is 29.4 Å². The van der Waals surface area contributed by atoms with E-state index >= 15 is 0 Å². The molecule has 6 N–H and O–H groups in total. The van der Waals surface area contributed by atoms with E-state index in [4.69, 9.17) is 11.5 Å². The SMILES string of the molecule is CCC(C)C(C(=O)O)(C(=O)CC(C)O)N(C(=O)C(C)N)C(=O)C(N)C(C)C. The predicted octanol–water partition coefficient (Wildman–Crippen LogP) is -0.118. The molecule has 2 amide bonds. The van der Waals surface area contributed by atoms with Crippen LogP contribution in [0.2, 0.25) is 0 Å². The summed E-state index contributed by atoms with van der Waals surface area (Å²) in [6.07, 6.45) is -1.50. The summed E-state index contributed by atoms with van der Waals surface area (Å²) in [7, 11) is 0. The van der Waals surface area contributed by atoms with Gasteiger partial charge in [0.15, 0.2) is 5.78 Å². The van der Waals surface area contributed by atoms with E-state index in [1.54, 1.807) is 20.8 Å². The fraction of sp³-hybridized carbons (Fsp3) is 0.778. The Morgan fingerprint density at radius 2 is 1.48 bits per heavy atom. The molecule has 0 aromatic heterocycles. The highest BCUT2D eigenvalue weighted by Crippen LogP contribution is 2.33. The van der Waals surface area contributed by atoms with Crippen LogP contribution >= 0.6 is 0 Å². The van der Waals surface area contributed by atoms with Gasteiger partial charge in [0.1, 0.15) is 0 Å². The number of rotatable bonds is 10. The van der Waals surface area contributed by atoms with Crippen molar-refractivity contribution >= 4 is 23.6 Å². The molecule has 5 atom stereocenters. The molecule has 156 valence electrons. The molecule has 0 rings (SSSR count). The number of nitrogens with zero attached hydrogens (tertiary/aromatic N) is 1. The summed E-state index contributed by atoms with van der Waals surface area (Å²) in [4.78, 5) is 51.7. The highest BCUT2D eigenvalue weighted by Gasteiger charge is 2.59. The van der Waals surface area contributed by atoms with Crippen molar-refractivity contribution in [1.29, 1.82) is 0 Å². The molecule has 9 heteroatoms. The van der Waals surface area contributed by atoms with Gasteiger partial charge in [-0.15, -0.1) is 0 Å². The van der Waals surface area contributed by atoms with Gasteiger partial charge < -0.3 is 21.7 Å². The van der Waals surface area contributed by atoms with E-state index in [2.05, 4.69) is 0 Å². The Bertz CT molecular complexity index is 575. The number of hydrogen-bond donors (Lipinski definition) is 4. The molecule has 0 saturated heterocycles. The molecule has 0 bridgehead atoms. The molecule has 0 aromatic rings. The average molecular weight is 387 g/mol. The second kappa shape index (κ2) is 9.91. The summed E-state index contributed by atoms with van der Waals surface area (Å²) < 4.78 is 0. The minimum absolute atomic E-state index is 0.185. The third kappa shape index (κ3) is 5.12. The molecular formula is C18H33N3O6. The molecule has 0 aliphatic rings. The minimum Gasteiger partial charge on any atom is -0.479 e. The summed E-state index contributed by atoms with van der Waals surface area (Å²) in [5, 5.41) is 19.7. The fourth-order valence-electron chi connectivity index (χ4n) is 2.86. The summed E-state index contributed by atoms with van der Waals surface area (Å²) in [6, 6.07) is -2.43. The molecule has 0 spiro atoms. The predicted molar refractivity (Wildman–Crippen MR) is 99.4 cm³/mol. The maximum absolute atomic E-state index is 13.0. The van der Waals surface area contributed by atoms with E-state index in [1.807, 2.05) is 0 Å². The van der Waals surface area contributed by atoms with Crippen molar-refractivity contribution in [3.05, 3.63) is 0 Å². The van der Waals surface area contributed by atoms with Gasteiger partial charge in [0, 0.05) is 6.42 Å². The fourth-order valence-corrected chi connectivity index (χ4v) is 2.86. The van der Waals surface area contributed by atoms with Crippen LogP contribution in [0, 0.1) is 11.8 Å². The van der Waals surface area contributed by atoms with Crippen LogP contribution in [0.5, 0.6) is 0 Å². The second-order valence-electron chi connectivity index (χ2n) is 7.43. The van der Waals surface area contributed by atoms with Gasteiger partial charge in [0.25, 0.3) is 0 Å². The third-order valence-electron chi connectivity index (χ3n) is 4.74. The van der Waals surface area contributed by atoms with Gasteiger partial charge in [-0.25, -0.2) is 4.79 Å². The summed E-state index contributed by atoms with van der Waals surface area (Å²) in [6.45, 7) is 9.00. The molecule has 9 nitrogen and oxygen atoms in total. The van der Waals surface area contributed by atoms with Crippen LogP contribution in [0.15, 0.2) is 0 Å². The van der Waals surface area contributed by atoms with Crippen LogP contribution in [-0.4, -0.2) is 62.4 Å². The number of carboxylic acid groups (broad SMARTS) is 1. The number of carbonyl (C=O) groups is 4. The van der Waals surface area contributed by atoms with Crippen LogP contribution in [0.4, 0.5) is 0 Å². The molecule has 0 aromatic carbocycles. The van der Waals surface area contributed by atoms with Crippen molar-refractivity contribution in [2.24, 2.45) is 23.3 Å². The Balaban J connectivity index is 6.84. The van der Waals surface area contributed by atoms with Crippen LogP contribution in [0.1, 0.15) is 54.4 Å². The number of carboxylic acids is 1. The molecule has 0 aliphatic carbocycles. The van der Waals surface area contributed by atoms with Crippen LogP contribution < -0.4 is 11.5 Å². The van der Waals surface area contributed by atoms with E-state index < -0.39 is 65.6 Å². The van der Waals surface area contributed by atoms with Crippen LogP contribution in [-0.2, 0) is 19.2 Å². The molecule has 0 heterocycles. The lowest BCUT2D eigenvalue weighted by Gasteiger charge is -2.43. The number of ketones is 1. The van der Waals surface area contributed by atoms with E-state index in [0.29, 0.717) is 4.90 Å².